The summed E-state index contributed by atoms with van der Waals surface area (Å²) >= 11 is 0. The molecule has 0 aliphatic carbocycles. The summed E-state index contributed by atoms with van der Waals surface area (Å²) in [6.45, 7) is 8.91. The smallest absolute Gasteiger partial charge is 0.0322 e. The van der Waals surface area contributed by atoms with Gasteiger partial charge in [-0.25, -0.2) is 0 Å². The van der Waals surface area contributed by atoms with Gasteiger partial charge in [0.05, 0.1) is 0 Å². The summed E-state index contributed by atoms with van der Waals surface area (Å²) in [4.78, 5) is 0. The fraction of sp³-hybridized carbons (Fsp3) is 0.625. The summed E-state index contributed by atoms with van der Waals surface area (Å²) in [5.74, 6) is 0. The average molecular weight is 233 g/mol. The van der Waals surface area contributed by atoms with Gasteiger partial charge in [-0.15, -0.1) is 0 Å². The molecule has 0 saturated heterocycles. The topological polar surface area (TPSA) is 12.0 Å². The highest BCUT2D eigenvalue weighted by Crippen LogP contribution is 2.27. The Morgan fingerprint density at radius 3 is 2.12 bits per heavy atom. The standard InChI is InChI=1S/C16H27N/c1-6-7-8-9-15(17-5)16-13(3)10-12(2)11-14(16)4/h10-11,15,17H,6-9H2,1-5H3. The quantitative estimate of drug-likeness (QED) is 0.716. The second-order valence-electron chi connectivity index (χ2n) is 5.15. The maximum atomic E-state index is 3.48. The summed E-state index contributed by atoms with van der Waals surface area (Å²) < 4.78 is 0. The predicted molar refractivity (Wildman–Crippen MR) is 76.6 cm³/mol. The number of rotatable bonds is 6. The van der Waals surface area contributed by atoms with E-state index in [1.165, 1.54) is 47.9 Å². The molecule has 0 aliphatic rings. The van der Waals surface area contributed by atoms with Crippen molar-refractivity contribution in [3.8, 4) is 0 Å². The fourth-order valence-electron chi connectivity index (χ4n) is 2.77. The molecule has 0 aromatic heterocycles. The van der Waals surface area contributed by atoms with Crippen LogP contribution in [0, 0.1) is 20.8 Å². The van der Waals surface area contributed by atoms with Crippen LogP contribution in [0.5, 0.6) is 0 Å². The number of unbranched alkanes of at least 4 members (excludes halogenated alkanes) is 2. The molecular formula is C16H27N. The minimum atomic E-state index is 0.516. The summed E-state index contributed by atoms with van der Waals surface area (Å²) in [6, 6.07) is 5.11. The van der Waals surface area contributed by atoms with E-state index in [1.807, 2.05) is 0 Å². The van der Waals surface area contributed by atoms with Gasteiger partial charge in [0.25, 0.3) is 0 Å². The molecule has 1 atom stereocenters. The highest BCUT2D eigenvalue weighted by molar-refractivity contribution is 5.39. The first-order valence-electron chi connectivity index (χ1n) is 6.85. The van der Waals surface area contributed by atoms with Crippen molar-refractivity contribution in [2.75, 3.05) is 7.05 Å². The van der Waals surface area contributed by atoms with Crippen LogP contribution < -0.4 is 5.32 Å². The monoisotopic (exact) mass is 233 g/mol. The first-order chi connectivity index (χ1) is 8.10. The van der Waals surface area contributed by atoms with Crippen molar-refractivity contribution < 1.29 is 0 Å². The molecule has 0 heterocycles. The first-order valence-corrected chi connectivity index (χ1v) is 6.85. The molecular weight excluding hydrogens is 206 g/mol. The van der Waals surface area contributed by atoms with Crippen LogP contribution >= 0.6 is 0 Å². The van der Waals surface area contributed by atoms with Crippen LogP contribution in [-0.4, -0.2) is 7.05 Å². The summed E-state index contributed by atoms with van der Waals surface area (Å²) in [7, 11) is 2.08. The van der Waals surface area contributed by atoms with Crippen molar-refractivity contribution in [1.29, 1.82) is 0 Å². The van der Waals surface area contributed by atoms with Gasteiger partial charge in [0, 0.05) is 6.04 Å². The fourth-order valence-corrected chi connectivity index (χ4v) is 2.77. The molecule has 1 aromatic rings. The van der Waals surface area contributed by atoms with Crippen LogP contribution in [0.2, 0.25) is 0 Å². The lowest BCUT2D eigenvalue weighted by Crippen LogP contribution is -2.18. The minimum Gasteiger partial charge on any atom is -0.313 e. The van der Waals surface area contributed by atoms with Crippen LogP contribution in [0.4, 0.5) is 0 Å². The maximum absolute atomic E-state index is 3.48. The lowest BCUT2D eigenvalue weighted by Gasteiger charge is -2.22. The normalized spacial score (nSPS) is 12.8. The molecule has 0 aliphatic heterocycles. The molecule has 1 heteroatoms. The van der Waals surface area contributed by atoms with Crippen LogP contribution in [0.15, 0.2) is 12.1 Å². The van der Waals surface area contributed by atoms with Crippen molar-refractivity contribution in [1.82, 2.24) is 5.32 Å². The van der Waals surface area contributed by atoms with Gasteiger partial charge < -0.3 is 5.32 Å². The Morgan fingerprint density at radius 2 is 1.65 bits per heavy atom. The first kappa shape index (κ1) is 14.2. The maximum Gasteiger partial charge on any atom is 0.0322 e. The lowest BCUT2D eigenvalue weighted by molar-refractivity contribution is 0.508. The summed E-state index contributed by atoms with van der Waals surface area (Å²) in [5.41, 5.74) is 5.73. The predicted octanol–water partition coefficient (Wildman–Crippen LogP) is 4.45. The zero-order chi connectivity index (χ0) is 12.8. The molecule has 1 aromatic carbocycles. The van der Waals surface area contributed by atoms with E-state index in [-0.39, 0.29) is 0 Å². The van der Waals surface area contributed by atoms with E-state index in [4.69, 9.17) is 0 Å². The lowest BCUT2D eigenvalue weighted by atomic mass is 9.91. The summed E-state index contributed by atoms with van der Waals surface area (Å²) in [6.07, 6.45) is 5.19. The van der Waals surface area contributed by atoms with Crippen molar-refractivity contribution in [2.45, 2.75) is 59.4 Å². The zero-order valence-electron chi connectivity index (χ0n) is 12.1. The van der Waals surface area contributed by atoms with Gasteiger partial charge in [-0.3, -0.25) is 0 Å². The van der Waals surface area contributed by atoms with Gasteiger partial charge in [0.2, 0.25) is 0 Å². The van der Waals surface area contributed by atoms with Crippen molar-refractivity contribution >= 4 is 0 Å². The number of nitrogens with one attached hydrogen (secondary N) is 1. The van der Waals surface area contributed by atoms with Gasteiger partial charge in [0.1, 0.15) is 0 Å². The Hall–Kier alpha value is -0.820. The van der Waals surface area contributed by atoms with E-state index in [9.17, 15) is 0 Å². The van der Waals surface area contributed by atoms with E-state index in [0.29, 0.717) is 6.04 Å². The van der Waals surface area contributed by atoms with Gasteiger partial charge in [-0.1, -0.05) is 43.9 Å². The second-order valence-corrected chi connectivity index (χ2v) is 5.15. The molecule has 17 heavy (non-hydrogen) atoms. The number of aryl methyl sites for hydroxylation is 3. The van der Waals surface area contributed by atoms with E-state index < -0.39 is 0 Å². The third kappa shape index (κ3) is 3.85. The molecule has 0 bridgehead atoms. The molecule has 1 rings (SSSR count). The molecule has 0 spiro atoms. The van der Waals surface area contributed by atoms with Crippen LogP contribution in [0.3, 0.4) is 0 Å². The zero-order valence-corrected chi connectivity index (χ0v) is 12.1. The molecule has 1 unspecified atom stereocenters. The highest BCUT2D eigenvalue weighted by atomic mass is 14.9. The Labute approximate surface area is 107 Å². The third-order valence-electron chi connectivity index (χ3n) is 3.53. The molecule has 96 valence electrons. The SMILES string of the molecule is CCCCCC(NC)c1c(C)cc(C)cc1C. The van der Waals surface area contributed by atoms with Crippen molar-refractivity contribution in [3.05, 3.63) is 34.4 Å². The number of hydrogen-bond acceptors (Lipinski definition) is 1. The van der Waals surface area contributed by atoms with Gasteiger partial charge in [-0.05, 0) is 50.9 Å². The van der Waals surface area contributed by atoms with Gasteiger partial charge in [-0.2, -0.15) is 0 Å². The average Bonchev–Trinajstić information content (AvgIpc) is 2.25. The van der Waals surface area contributed by atoms with E-state index >= 15 is 0 Å². The summed E-state index contributed by atoms with van der Waals surface area (Å²) in [5, 5.41) is 3.48. The Morgan fingerprint density at radius 1 is 1.06 bits per heavy atom. The Bertz CT molecular complexity index is 332. The largest absolute Gasteiger partial charge is 0.313 e. The van der Waals surface area contributed by atoms with Gasteiger partial charge in [0.15, 0.2) is 0 Å². The number of hydrogen-bond donors (Lipinski definition) is 1. The second kappa shape index (κ2) is 6.80. The van der Waals surface area contributed by atoms with Crippen LogP contribution in [0.1, 0.15) is 60.9 Å². The molecule has 0 radical (unpaired) electrons. The van der Waals surface area contributed by atoms with Crippen molar-refractivity contribution in [2.24, 2.45) is 0 Å². The van der Waals surface area contributed by atoms with Crippen LogP contribution in [0.25, 0.3) is 0 Å². The van der Waals surface area contributed by atoms with E-state index in [2.05, 4.69) is 52.2 Å². The van der Waals surface area contributed by atoms with Gasteiger partial charge >= 0.3 is 0 Å². The third-order valence-corrected chi connectivity index (χ3v) is 3.53. The molecule has 0 fully saturated rings. The molecule has 0 saturated carbocycles. The molecule has 0 amide bonds. The van der Waals surface area contributed by atoms with Crippen molar-refractivity contribution in [3.63, 3.8) is 0 Å². The molecule has 1 N–H and O–H groups in total. The van der Waals surface area contributed by atoms with E-state index in [0.717, 1.165) is 0 Å². The van der Waals surface area contributed by atoms with Crippen LogP contribution in [-0.2, 0) is 0 Å². The number of benzene rings is 1. The Kier molecular flexibility index (Phi) is 5.70. The highest BCUT2D eigenvalue weighted by Gasteiger charge is 2.14. The van der Waals surface area contributed by atoms with E-state index in [1.54, 1.807) is 0 Å². The Balaban J connectivity index is 2.87. The minimum absolute atomic E-state index is 0.516. The molecule has 1 nitrogen and oxygen atoms in total.